The predicted molar refractivity (Wildman–Crippen MR) is 159 cm³/mol. The maximum Gasteiger partial charge on any atom is 0.326 e. The number of aromatic hydroxyl groups is 1. The highest BCUT2D eigenvalue weighted by molar-refractivity contribution is 7.98. The fourth-order valence-electron chi connectivity index (χ4n) is 4.18. The van der Waals surface area contributed by atoms with Crippen LogP contribution in [-0.4, -0.2) is 80.0 Å². The molecule has 0 saturated carbocycles. The lowest BCUT2D eigenvalue weighted by Gasteiger charge is -2.25. The predicted octanol–water partition coefficient (Wildman–Crippen LogP) is 0.763. The lowest BCUT2D eigenvalue weighted by Crippen LogP contribution is -2.58. The lowest BCUT2D eigenvalue weighted by molar-refractivity contribution is -0.142. The number of benzene rings is 2. The van der Waals surface area contributed by atoms with Gasteiger partial charge in [-0.15, -0.1) is 0 Å². The summed E-state index contributed by atoms with van der Waals surface area (Å²) in [5.74, 6) is -2.47. The third-order valence-corrected chi connectivity index (χ3v) is 7.13. The van der Waals surface area contributed by atoms with Crippen molar-refractivity contribution in [3.8, 4) is 5.75 Å². The van der Waals surface area contributed by atoms with E-state index in [1.165, 1.54) is 36.4 Å². The van der Waals surface area contributed by atoms with E-state index in [0.29, 0.717) is 11.4 Å². The molecule has 0 saturated heterocycles. The number of carbonyl (C=O) groups is 4. The Morgan fingerprint density at radius 2 is 1.45 bits per heavy atom. The molecule has 0 aliphatic carbocycles. The summed E-state index contributed by atoms with van der Waals surface area (Å²) in [6.45, 7) is 0. The molecule has 3 amide bonds. The van der Waals surface area contributed by atoms with Gasteiger partial charge in [0, 0.05) is 24.7 Å². The van der Waals surface area contributed by atoms with Crippen LogP contribution in [0.15, 0.2) is 67.1 Å². The zero-order chi connectivity index (χ0) is 30.5. The summed E-state index contributed by atoms with van der Waals surface area (Å²) in [5.41, 5.74) is 8.19. The molecule has 0 bridgehead atoms. The Kier molecular flexibility index (Phi) is 12.4. The van der Waals surface area contributed by atoms with Gasteiger partial charge in [0.05, 0.1) is 12.4 Å². The molecule has 2 aromatic carbocycles. The Bertz CT molecular complexity index is 1310. The summed E-state index contributed by atoms with van der Waals surface area (Å²) in [6, 6.07) is 11.0. The first kappa shape index (κ1) is 32.2. The number of nitrogens with zero attached hydrogens (tertiary/aromatic N) is 1. The van der Waals surface area contributed by atoms with Crippen molar-refractivity contribution in [2.24, 2.45) is 5.73 Å². The number of phenols is 1. The molecule has 4 unspecified atom stereocenters. The number of phenolic OH excluding ortho intramolecular Hbond substituents is 1. The number of nitrogens with one attached hydrogen (secondary N) is 4. The van der Waals surface area contributed by atoms with Gasteiger partial charge in [0.1, 0.15) is 23.9 Å². The molecule has 224 valence electrons. The number of imidazole rings is 1. The van der Waals surface area contributed by atoms with Gasteiger partial charge in [0.25, 0.3) is 0 Å². The zero-order valence-corrected chi connectivity index (χ0v) is 24.0. The van der Waals surface area contributed by atoms with Crippen molar-refractivity contribution in [3.05, 3.63) is 83.9 Å². The average molecular weight is 597 g/mol. The molecule has 4 atom stereocenters. The molecule has 3 aromatic rings. The second-order valence-electron chi connectivity index (χ2n) is 9.75. The number of H-pyrrole nitrogens is 1. The van der Waals surface area contributed by atoms with E-state index in [4.69, 9.17) is 5.73 Å². The fraction of sp³-hybridized carbons (Fsp3) is 0.345. The van der Waals surface area contributed by atoms with Crippen molar-refractivity contribution in [3.63, 3.8) is 0 Å². The third-order valence-electron chi connectivity index (χ3n) is 6.48. The molecular weight excluding hydrogens is 560 g/mol. The van der Waals surface area contributed by atoms with Crippen molar-refractivity contribution in [2.75, 3.05) is 12.0 Å². The van der Waals surface area contributed by atoms with Gasteiger partial charge in [-0.3, -0.25) is 14.4 Å². The number of nitrogens with two attached hydrogens (primary N) is 1. The molecule has 3 rings (SSSR count). The minimum Gasteiger partial charge on any atom is -0.508 e. The molecule has 42 heavy (non-hydrogen) atoms. The Hall–Kier alpha value is -4.36. The van der Waals surface area contributed by atoms with Crippen LogP contribution in [0.1, 0.15) is 23.2 Å². The van der Waals surface area contributed by atoms with Crippen LogP contribution in [-0.2, 0) is 38.4 Å². The first-order chi connectivity index (χ1) is 20.2. The molecule has 0 aliphatic heterocycles. The number of hydrogen-bond donors (Lipinski definition) is 7. The Morgan fingerprint density at radius 1 is 0.857 bits per heavy atom. The normalized spacial score (nSPS) is 13.8. The first-order valence-electron chi connectivity index (χ1n) is 13.3. The van der Waals surface area contributed by atoms with E-state index in [1.807, 2.05) is 12.3 Å². The number of aromatic nitrogens is 2. The van der Waals surface area contributed by atoms with Crippen LogP contribution in [0, 0.1) is 0 Å². The smallest absolute Gasteiger partial charge is 0.326 e. The van der Waals surface area contributed by atoms with Gasteiger partial charge < -0.3 is 36.9 Å². The van der Waals surface area contributed by atoms with Crippen LogP contribution in [0.5, 0.6) is 5.75 Å². The van der Waals surface area contributed by atoms with E-state index in [-0.39, 0.29) is 31.4 Å². The minimum atomic E-state index is -1.18. The number of carboxylic acid groups (broad SMARTS) is 1. The molecule has 8 N–H and O–H groups in total. The molecule has 13 heteroatoms. The SMILES string of the molecule is CSCCC(NC(=O)C(Cc1cnc[nH]1)NC(=O)C(Cc1ccccc1)NC(=O)C(N)Cc1ccc(O)cc1)C(=O)O. The molecule has 12 nitrogen and oxygen atoms in total. The molecule has 0 radical (unpaired) electrons. The lowest BCUT2D eigenvalue weighted by atomic mass is 10.0. The van der Waals surface area contributed by atoms with Crippen LogP contribution in [0.4, 0.5) is 0 Å². The second kappa shape index (κ2) is 16.2. The number of thioether (sulfide) groups is 1. The van der Waals surface area contributed by atoms with E-state index in [2.05, 4.69) is 25.9 Å². The molecule has 0 spiro atoms. The largest absolute Gasteiger partial charge is 0.508 e. The highest BCUT2D eigenvalue weighted by Crippen LogP contribution is 2.12. The Balaban J connectivity index is 1.78. The monoisotopic (exact) mass is 596 g/mol. The quantitative estimate of drug-likeness (QED) is 0.125. The highest BCUT2D eigenvalue weighted by atomic mass is 32.2. The summed E-state index contributed by atoms with van der Waals surface area (Å²) in [5, 5.41) is 27.0. The first-order valence-corrected chi connectivity index (χ1v) is 14.7. The van der Waals surface area contributed by atoms with E-state index in [0.717, 1.165) is 11.1 Å². The van der Waals surface area contributed by atoms with Crippen molar-refractivity contribution in [1.82, 2.24) is 25.9 Å². The van der Waals surface area contributed by atoms with Crippen LogP contribution in [0.2, 0.25) is 0 Å². The van der Waals surface area contributed by atoms with Crippen molar-refractivity contribution in [1.29, 1.82) is 0 Å². The number of hydrogen-bond acceptors (Lipinski definition) is 8. The zero-order valence-electron chi connectivity index (χ0n) is 23.2. The minimum absolute atomic E-state index is 0.0127. The van der Waals surface area contributed by atoms with Crippen LogP contribution < -0.4 is 21.7 Å². The van der Waals surface area contributed by atoms with E-state index in [1.54, 1.807) is 36.4 Å². The van der Waals surface area contributed by atoms with Gasteiger partial charge in [-0.1, -0.05) is 42.5 Å². The number of rotatable bonds is 16. The van der Waals surface area contributed by atoms with Crippen molar-refractivity contribution >= 4 is 35.5 Å². The standard InChI is InChI=1S/C29H36N6O6S/c1-42-12-11-23(29(40)41)33-28(39)25(15-20-16-31-17-32-20)35-27(38)24(14-18-5-3-2-4-6-18)34-26(37)22(30)13-19-7-9-21(36)10-8-19/h2-10,16-17,22-25,36H,11-15,30H2,1H3,(H,31,32)(H,33,39)(H,34,37)(H,35,38)(H,40,41). The summed E-state index contributed by atoms with van der Waals surface area (Å²) >= 11 is 1.45. The topological polar surface area (TPSA) is 200 Å². The molecule has 1 heterocycles. The molecule has 1 aromatic heterocycles. The van der Waals surface area contributed by atoms with Gasteiger partial charge in [-0.25, -0.2) is 9.78 Å². The van der Waals surface area contributed by atoms with Crippen LogP contribution in [0.3, 0.4) is 0 Å². The van der Waals surface area contributed by atoms with Gasteiger partial charge in [0.15, 0.2) is 0 Å². The van der Waals surface area contributed by atoms with Crippen LogP contribution >= 0.6 is 11.8 Å². The Labute approximate surface area is 247 Å². The van der Waals surface area contributed by atoms with Crippen molar-refractivity contribution < 1.29 is 29.4 Å². The number of aromatic amines is 1. The van der Waals surface area contributed by atoms with Gasteiger partial charge >= 0.3 is 5.97 Å². The number of aliphatic carboxylic acids is 1. The molecule has 0 aliphatic rings. The second-order valence-corrected chi connectivity index (χ2v) is 10.7. The van der Waals surface area contributed by atoms with E-state index < -0.39 is 47.9 Å². The highest BCUT2D eigenvalue weighted by Gasteiger charge is 2.31. The van der Waals surface area contributed by atoms with E-state index >= 15 is 0 Å². The van der Waals surface area contributed by atoms with E-state index in [9.17, 15) is 29.4 Å². The third kappa shape index (κ3) is 10.2. The van der Waals surface area contributed by atoms with Gasteiger partial charge in [-0.2, -0.15) is 11.8 Å². The summed E-state index contributed by atoms with van der Waals surface area (Å²) in [7, 11) is 0. The molecule has 0 fully saturated rings. The fourth-order valence-corrected chi connectivity index (χ4v) is 4.65. The van der Waals surface area contributed by atoms with Gasteiger partial charge in [0.2, 0.25) is 17.7 Å². The van der Waals surface area contributed by atoms with Gasteiger partial charge in [-0.05, 0) is 48.1 Å². The summed E-state index contributed by atoms with van der Waals surface area (Å²) < 4.78 is 0. The maximum absolute atomic E-state index is 13.6. The number of carbonyl (C=O) groups excluding carboxylic acids is 3. The Morgan fingerprint density at radius 3 is 2.05 bits per heavy atom. The summed E-state index contributed by atoms with van der Waals surface area (Å²) in [6.07, 6.45) is 5.27. The molecular formula is C29H36N6O6S. The van der Waals surface area contributed by atoms with Crippen LogP contribution in [0.25, 0.3) is 0 Å². The maximum atomic E-state index is 13.6. The summed E-state index contributed by atoms with van der Waals surface area (Å²) in [4.78, 5) is 58.6. The number of amides is 3. The van der Waals surface area contributed by atoms with Crippen molar-refractivity contribution in [2.45, 2.75) is 49.9 Å². The number of carboxylic acids is 1. The average Bonchev–Trinajstić information content (AvgIpc) is 3.49.